The fourth-order valence-electron chi connectivity index (χ4n) is 1.53. The van der Waals surface area contributed by atoms with Gasteiger partial charge in [-0.15, -0.1) is 0 Å². The fourth-order valence-corrected chi connectivity index (χ4v) is 1.91. The third-order valence-electron chi connectivity index (χ3n) is 2.54. The second kappa shape index (κ2) is 5.44. The molecule has 1 aromatic heterocycles. The van der Waals surface area contributed by atoms with Crippen molar-refractivity contribution >= 4 is 27.8 Å². The van der Waals surface area contributed by atoms with Crippen LogP contribution in [0.5, 0.6) is 0 Å². The van der Waals surface area contributed by atoms with E-state index in [1.165, 1.54) is 0 Å². The lowest BCUT2D eigenvalue weighted by atomic mass is 10.1. The first-order chi connectivity index (χ1) is 9.02. The molecule has 0 atom stereocenters. The van der Waals surface area contributed by atoms with Crippen LogP contribution in [0.15, 0.2) is 27.1 Å². The molecule has 0 spiro atoms. The first-order valence-corrected chi connectivity index (χ1v) is 6.52. The molecule has 100 valence electrons. The van der Waals surface area contributed by atoms with Crippen LogP contribution in [0.2, 0.25) is 0 Å². The monoisotopic (exact) mass is 324 g/mol. The Morgan fingerprint density at radius 2 is 2.26 bits per heavy atom. The van der Waals surface area contributed by atoms with Gasteiger partial charge in [0.1, 0.15) is 0 Å². The van der Waals surface area contributed by atoms with Crippen molar-refractivity contribution in [1.29, 1.82) is 0 Å². The molecule has 0 fully saturated rings. The molecule has 2 N–H and O–H groups in total. The van der Waals surface area contributed by atoms with Gasteiger partial charge < -0.3 is 14.9 Å². The Balaban J connectivity index is 2.38. The normalized spacial score (nSPS) is 10.5. The number of esters is 1. The van der Waals surface area contributed by atoms with E-state index in [1.807, 2.05) is 25.1 Å². The highest BCUT2D eigenvalue weighted by Gasteiger charge is 2.20. The van der Waals surface area contributed by atoms with Gasteiger partial charge >= 0.3 is 5.97 Å². The molecule has 5 nitrogen and oxygen atoms in total. The standard InChI is InChI=1S/C13H13BrN2O3/c1-3-18-13(17)10-11(15)19-12(16-10)8-5-4-7(2)9(14)6-8/h4-6H,3,15H2,1-2H3. The number of halogens is 1. The summed E-state index contributed by atoms with van der Waals surface area (Å²) in [5.41, 5.74) is 7.47. The molecule has 0 unspecified atom stereocenters. The highest BCUT2D eigenvalue weighted by molar-refractivity contribution is 9.10. The average Bonchev–Trinajstić information content (AvgIpc) is 2.75. The number of hydrogen-bond acceptors (Lipinski definition) is 5. The smallest absolute Gasteiger partial charge is 0.362 e. The van der Waals surface area contributed by atoms with E-state index < -0.39 is 5.97 Å². The van der Waals surface area contributed by atoms with Crippen molar-refractivity contribution in [1.82, 2.24) is 4.98 Å². The van der Waals surface area contributed by atoms with E-state index in [-0.39, 0.29) is 18.2 Å². The molecule has 2 rings (SSSR count). The van der Waals surface area contributed by atoms with Crippen LogP contribution >= 0.6 is 15.9 Å². The first kappa shape index (κ1) is 13.6. The van der Waals surface area contributed by atoms with Gasteiger partial charge in [-0.3, -0.25) is 0 Å². The van der Waals surface area contributed by atoms with Crippen LogP contribution in [0.1, 0.15) is 23.0 Å². The maximum Gasteiger partial charge on any atom is 0.362 e. The zero-order valence-corrected chi connectivity index (χ0v) is 12.2. The summed E-state index contributed by atoms with van der Waals surface area (Å²) in [6.45, 7) is 3.95. The second-order valence-corrected chi connectivity index (χ2v) is 4.77. The summed E-state index contributed by atoms with van der Waals surface area (Å²) in [5, 5.41) is 0. The Morgan fingerprint density at radius 3 is 2.89 bits per heavy atom. The largest absolute Gasteiger partial charge is 0.461 e. The van der Waals surface area contributed by atoms with Crippen molar-refractivity contribution in [3.8, 4) is 11.5 Å². The van der Waals surface area contributed by atoms with Crippen LogP contribution in [0.3, 0.4) is 0 Å². The third-order valence-corrected chi connectivity index (χ3v) is 3.40. The van der Waals surface area contributed by atoms with E-state index in [2.05, 4.69) is 20.9 Å². The number of aryl methyl sites for hydroxylation is 1. The predicted molar refractivity (Wildman–Crippen MR) is 74.7 cm³/mol. The van der Waals surface area contributed by atoms with E-state index in [0.717, 1.165) is 15.6 Å². The zero-order chi connectivity index (χ0) is 14.0. The number of rotatable bonds is 3. The van der Waals surface area contributed by atoms with Gasteiger partial charge in [-0.1, -0.05) is 22.0 Å². The molecule has 2 aromatic rings. The van der Waals surface area contributed by atoms with Gasteiger partial charge in [0.15, 0.2) is 0 Å². The first-order valence-electron chi connectivity index (χ1n) is 5.73. The van der Waals surface area contributed by atoms with E-state index in [1.54, 1.807) is 6.92 Å². The summed E-state index contributed by atoms with van der Waals surface area (Å²) in [4.78, 5) is 15.7. The number of nitrogens with zero attached hydrogens (tertiary/aromatic N) is 1. The number of nitrogens with two attached hydrogens (primary N) is 1. The van der Waals surface area contributed by atoms with Crippen molar-refractivity contribution in [2.24, 2.45) is 0 Å². The van der Waals surface area contributed by atoms with Gasteiger partial charge in [-0.25, -0.2) is 4.79 Å². The van der Waals surface area contributed by atoms with Crippen molar-refractivity contribution in [3.05, 3.63) is 33.9 Å². The van der Waals surface area contributed by atoms with E-state index in [9.17, 15) is 4.79 Å². The predicted octanol–water partition coefficient (Wildman–Crippen LogP) is 3.17. The molecule has 0 aliphatic rings. The minimum Gasteiger partial charge on any atom is -0.461 e. The third kappa shape index (κ3) is 2.78. The minimum atomic E-state index is -0.582. The molecular weight excluding hydrogens is 312 g/mol. The van der Waals surface area contributed by atoms with Crippen molar-refractivity contribution in [2.75, 3.05) is 12.3 Å². The summed E-state index contributed by atoms with van der Waals surface area (Å²) in [5.74, 6) is -0.326. The molecule has 0 radical (unpaired) electrons. The summed E-state index contributed by atoms with van der Waals surface area (Å²) < 4.78 is 11.1. The van der Waals surface area contributed by atoms with Gasteiger partial charge in [-0.05, 0) is 31.5 Å². The number of ether oxygens (including phenoxy) is 1. The minimum absolute atomic E-state index is 0.00791. The van der Waals surface area contributed by atoms with E-state index in [4.69, 9.17) is 14.9 Å². The maximum atomic E-state index is 11.6. The van der Waals surface area contributed by atoms with Gasteiger partial charge in [-0.2, -0.15) is 4.98 Å². The molecule has 0 saturated heterocycles. The lowest BCUT2D eigenvalue weighted by Gasteiger charge is -1.99. The topological polar surface area (TPSA) is 78.3 Å². The van der Waals surface area contributed by atoms with Crippen molar-refractivity contribution in [2.45, 2.75) is 13.8 Å². The summed E-state index contributed by atoms with van der Waals surface area (Å²) in [7, 11) is 0. The molecule has 0 amide bonds. The summed E-state index contributed by atoms with van der Waals surface area (Å²) in [6.07, 6.45) is 0. The van der Waals surface area contributed by atoms with E-state index >= 15 is 0 Å². The summed E-state index contributed by atoms with van der Waals surface area (Å²) in [6, 6.07) is 5.62. The molecule has 0 aliphatic carbocycles. The van der Waals surface area contributed by atoms with Gasteiger partial charge in [0.2, 0.25) is 17.5 Å². The van der Waals surface area contributed by atoms with Gasteiger partial charge in [0.25, 0.3) is 0 Å². The van der Waals surface area contributed by atoms with Crippen LogP contribution in [0.4, 0.5) is 5.88 Å². The Bertz CT molecular complexity index is 622. The number of nitrogen functional groups attached to an aromatic ring is 1. The molecule has 0 bridgehead atoms. The highest BCUT2D eigenvalue weighted by Crippen LogP contribution is 2.27. The van der Waals surface area contributed by atoms with Crippen LogP contribution in [-0.2, 0) is 4.74 Å². The number of carbonyl (C=O) groups excluding carboxylic acids is 1. The Kier molecular flexibility index (Phi) is 3.90. The van der Waals surface area contributed by atoms with Crippen molar-refractivity contribution in [3.63, 3.8) is 0 Å². The second-order valence-electron chi connectivity index (χ2n) is 3.92. The lowest BCUT2D eigenvalue weighted by Crippen LogP contribution is -2.07. The average molecular weight is 325 g/mol. The molecule has 6 heteroatoms. The molecular formula is C13H13BrN2O3. The van der Waals surface area contributed by atoms with Gasteiger partial charge in [0, 0.05) is 10.0 Å². The Labute approximate surface area is 118 Å². The number of anilines is 1. The van der Waals surface area contributed by atoms with Crippen LogP contribution in [-0.4, -0.2) is 17.6 Å². The van der Waals surface area contributed by atoms with Crippen LogP contribution in [0.25, 0.3) is 11.5 Å². The van der Waals surface area contributed by atoms with Crippen LogP contribution < -0.4 is 5.73 Å². The Morgan fingerprint density at radius 1 is 1.53 bits per heavy atom. The molecule has 1 heterocycles. The maximum absolute atomic E-state index is 11.6. The fraction of sp³-hybridized carbons (Fsp3) is 0.231. The Hall–Kier alpha value is -1.82. The number of hydrogen-bond donors (Lipinski definition) is 1. The zero-order valence-electron chi connectivity index (χ0n) is 10.6. The molecule has 19 heavy (non-hydrogen) atoms. The summed E-state index contributed by atoms with van der Waals surface area (Å²) >= 11 is 3.43. The number of aromatic nitrogens is 1. The van der Waals surface area contributed by atoms with E-state index in [0.29, 0.717) is 5.89 Å². The SMILES string of the molecule is CCOC(=O)c1nc(-c2ccc(C)c(Br)c2)oc1N. The number of oxazole rings is 1. The molecule has 0 saturated carbocycles. The lowest BCUT2D eigenvalue weighted by molar-refractivity contribution is 0.0521. The number of benzene rings is 1. The highest BCUT2D eigenvalue weighted by atomic mass is 79.9. The van der Waals surface area contributed by atoms with Gasteiger partial charge in [0.05, 0.1) is 6.61 Å². The quantitative estimate of drug-likeness (QED) is 0.877. The number of carbonyl (C=O) groups is 1. The van der Waals surface area contributed by atoms with Crippen LogP contribution in [0, 0.1) is 6.92 Å². The molecule has 0 aliphatic heterocycles. The molecule has 1 aromatic carbocycles. The van der Waals surface area contributed by atoms with Crippen molar-refractivity contribution < 1.29 is 13.9 Å².